The molecule has 0 unspecified atom stereocenters. The van der Waals surface area contributed by atoms with Gasteiger partial charge in [-0.2, -0.15) is 0 Å². The van der Waals surface area contributed by atoms with Crippen molar-refractivity contribution in [2.24, 2.45) is 0 Å². The van der Waals surface area contributed by atoms with Gasteiger partial charge < -0.3 is 10.4 Å². The number of thiophene rings is 1. The molecule has 0 aliphatic carbocycles. The molecule has 0 aliphatic rings. The Labute approximate surface area is 132 Å². The summed E-state index contributed by atoms with van der Waals surface area (Å²) in [5.74, 6) is -1.22. The largest absolute Gasteiger partial charge is 0.506 e. The van der Waals surface area contributed by atoms with Gasteiger partial charge in [0.15, 0.2) is 0 Å². The van der Waals surface area contributed by atoms with E-state index in [1.807, 2.05) is 0 Å². The zero-order valence-corrected chi connectivity index (χ0v) is 12.3. The Hall–Kier alpha value is -3.00. The van der Waals surface area contributed by atoms with Crippen molar-refractivity contribution in [1.82, 2.24) is 0 Å². The van der Waals surface area contributed by atoms with Crippen molar-refractivity contribution in [2.75, 3.05) is 5.32 Å². The number of hydrogen-bond acceptors (Lipinski definition) is 5. The minimum absolute atomic E-state index is 0.0622. The van der Waals surface area contributed by atoms with Crippen LogP contribution in [-0.4, -0.2) is 15.9 Å². The third-order valence-electron chi connectivity index (χ3n) is 3.14. The normalized spacial score (nSPS) is 10.7. The first-order chi connectivity index (χ1) is 10.9. The summed E-state index contributed by atoms with van der Waals surface area (Å²) >= 11 is 1.16. The standard InChI is InChI=1S/C15H9FN2O4S/c16-9-1-4-13-8(5-9)6-14(23-13)15(20)17-11-7-10(18(21)22)2-3-12(11)19/h1-7,19H,(H,17,20). The fourth-order valence-corrected chi connectivity index (χ4v) is 2.99. The quantitative estimate of drug-likeness (QED) is 0.432. The van der Waals surface area contributed by atoms with E-state index in [4.69, 9.17) is 0 Å². The number of benzene rings is 2. The molecule has 0 saturated heterocycles. The fourth-order valence-electron chi connectivity index (χ4n) is 2.05. The molecule has 1 aromatic heterocycles. The number of hydrogen-bond donors (Lipinski definition) is 2. The van der Waals surface area contributed by atoms with Crippen LogP contribution in [0.2, 0.25) is 0 Å². The first-order valence-electron chi connectivity index (χ1n) is 6.42. The Morgan fingerprint density at radius 3 is 2.74 bits per heavy atom. The van der Waals surface area contributed by atoms with E-state index < -0.39 is 16.6 Å². The number of anilines is 1. The summed E-state index contributed by atoms with van der Waals surface area (Å²) < 4.78 is 13.9. The van der Waals surface area contributed by atoms with E-state index in [1.165, 1.54) is 18.2 Å². The lowest BCUT2D eigenvalue weighted by Gasteiger charge is -2.05. The number of phenols is 1. The molecule has 0 spiro atoms. The molecule has 2 N–H and O–H groups in total. The molecular weight excluding hydrogens is 323 g/mol. The number of fused-ring (bicyclic) bond motifs is 1. The van der Waals surface area contributed by atoms with Gasteiger partial charge in [-0.05, 0) is 35.7 Å². The van der Waals surface area contributed by atoms with Crippen LogP contribution in [0, 0.1) is 15.9 Å². The van der Waals surface area contributed by atoms with Crippen LogP contribution in [0.5, 0.6) is 5.75 Å². The molecule has 0 atom stereocenters. The lowest BCUT2D eigenvalue weighted by molar-refractivity contribution is -0.384. The Kier molecular flexibility index (Phi) is 3.67. The smallest absolute Gasteiger partial charge is 0.271 e. The summed E-state index contributed by atoms with van der Waals surface area (Å²) in [5.41, 5.74) is -0.315. The van der Waals surface area contributed by atoms with Crippen LogP contribution >= 0.6 is 11.3 Å². The molecule has 0 saturated carbocycles. The monoisotopic (exact) mass is 332 g/mol. The molecule has 2 aromatic carbocycles. The number of nitro benzene ring substituents is 1. The molecular formula is C15H9FN2O4S. The number of amides is 1. The first-order valence-corrected chi connectivity index (χ1v) is 7.23. The molecule has 116 valence electrons. The van der Waals surface area contributed by atoms with E-state index in [2.05, 4.69) is 5.32 Å². The summed E-state index contributed by atoms with van der Waals surface area (Å²) in [6.07, 6.45) is 0. The van der Waals surface area contributed by atoms with Crippen molar-refractivity contribution in [2.45, 2.75) is 0 Å². The minimum Gasteiger partial charge on any atom is -0.506 e. The van der Waals surface area contributed by atoms with Gasteiger partial charge in [0.2, 0.25) is 0 Å². The highest BCUT2D eigenvalue weighted by molar-refractivity contribution is 7.20. The lowest BCUT2D eigenvalue weighted by atomic mass is 10.2. The molecule has 0 aliphatic heterocycles. The van der Waals surface area contributed by atoms with Crippen LogP contribution in [0.4, 0.5) is 15.8 Å². The predicted octanol–water partition coefficient (Wildman–Crippen LogP) is 3.91. The third kappa shape index (κ3) is 2.97. The van der Waals surface area contributed by atoms with Gasteiger partial charge >= 0.3 is 0 Å². The third-order valence-corrected chi connectivity index (χ3v) is 4.26. The van der Waals surface area contributed by atoms with Crippen LogP contribution in [0.15, 0.2) is 42.5 Å². The first kappa shape index (κ1) is 14.9. The predicted molar refractivity (Wildman–Crippen MR) is 84.5 cm³/mol. The van der Waals surface area contributed by atoms with Crippen LogP contribution in [-0.2, 0) is 0 Å². The van der Waals surface area contributed by atoms with Crippen molar-refractivity contribution in [1.29, 1.82) is 0 Å². The molecule has 23 heavy (non-hydrogen) atoms. The van der Waals surface area contributed by atoms with Crippen molar-refractivity contribution in [3.05, 3.63) is 63.3 Å². The highest BCUT2D eigenvalue weighted by Gasteiger charge is 2.15. The van der Waals surface area contributed by atoms with E-state index in [1.54, 1.807) is 6.07 Å². The van der Waals surface area contributed by atoms with Gasteiger partial charge in [-0.25, -0.2) is 4.39 Å². The molecule has 3 aromatic rings. The molecule has 0 fully saturated rings. The highest BCUT2D eigenvalue weighted by Crippen LogP contribution is 2.30. The van der Waals surface area contributed by atoms with E-state index in [-0.39, 0.29) is 17.1 Å². The van der Waals surface area contributed by atoms with Crippen molar-refractivity contribution < 1.29 is 19.2 Å². The van der Waals surface area contributed by atoms with Crippen molar-refractivity contribution in [3.63, 3.8) is 0 Å². The van der Waals surface area contributed by atoms with Gasteiger partial charge in [0.1, 0.15) is 11.6 Å². The van der Waals surface area contributed by atoms with Crippen LogP contribution in [0.25, 0.3) is 10.1 Å². The maximum Gasteiger partial charge on any atom is 0.271 e. The minimum atomic E-state index is -0.628. The summed E-state index contributed by atoms with van der Waals surface area (Å²) in [5, 5.41) is 23.5. The lowest BCUT2D eigenvalue weighted by Crippen LogP contribution is -2.10. The summed E-state index contributed by atoms with van der Waals surface area (Å²) in [4.78, 5) is 22.6. The van der Waals surface area contributed by atoms with Crippen molar-refractivity contribution >= 4 is 38.7 Å². The molecule has 8 heteroatoms. The van der Waals surface area contributed by atoms with E-state index in [0.29, 0.717) is 10.3 Å². The number of phenolic OH excluding ortho intramolecular Hbond substituents is 1. The Balaban J connectivity index is 1.91. The molecule has 0 bridgehead atoms. The number of halogens is 1. The second-order valence-corrected chi connectivity index (χ2v) is 5.79. The van der Waals surface area contributed by atoms with Gasteiger partial charge in [-0.15, -0.1) is 11.3 Å². The average molecular weight is 332 g/mol. The number of nitro groups is 1. The van der Waals surface area contributed by atoms with Gasteiger partial charge in [-0.3, -0.25) is 14.9 Å². The number of rotatable bonds is 3. The Bertz CT molecular complexity index is 938. The summed E-state index contributed by atoms with van der Waals surface area (Å²) in [6, 6.07) is 9.03. The highest BCUT2D eigenvalue weighted by atomic mass is 32.1. The van der Waals surface area contributed by atoms with Gasteiger partial charge in [0, 0.05) is 16.8 Å². The van der Waals surface area contributed by atoms with Crippen LogP contribution < -0.4 is 5.32 Å². The number of carbonyl (C=O) groups excluding carboxylic acids is 1. The molecule has 0 radical (unpaired) electrons. The zero-order chi connectivity index (χ0) is 16.6. The van der Waals surface area contributed by atoms with E-state index in [9.17, 15) is 24.4 Å². The second kappa shape index (κ2) is 5.65. The number of aromatic hydroxyl groups is 1. The molecule has 6 nitrogen and oxygen atoms in total. The Morgan fingerprint density at radius 1 is 1.22 bits per heavy atom. The molecule has 1 heterocycles. The van der Waals surface area contributed by atoms with Crippen molar-refractivity contribution in [3.8, 4) is 5.75 Å². The summed E-state index contributed by atoms with van der Waals surface area (Å²) in [6.45, 7) is 0. The van der Waals surface area contributed by atoms with Crippen LogP contribution in [0.3, 0.4) is 0 Å². The SMILES string of the molecule is O=C(Nc1cc([N+](=O)[O-])ccc1O)c1cc2cc(F)ccc2s1. The maximum atomic E-state index is 13.2. The summed E-state index contributed by atoms with van der Waals surface area (Å²) in [7, 11) is 0. The van der Waals surface area contributed by atoms with E-state index >= 15 is 0 Å². The zero-order valence-electron chi connectivity index (χ0n) is 11.4. The van der Waals surface area contributed by atoms with Gasteiger partial charge in [-0.1, -0.05) is 0 Å². The second-order valence-electron chi connectivity index (χ2n) is 4.71. The topological polar surface area (TPSA) is 92.5 Å². The fraction of sp³-hybridized carbons (Fsp3) is 0. The number of nitrogens with one attached hydrogen (secondary N) is 1. The molecule has 3 rings (SSSR count). The number of nitrogens with zero attached hydrogens (tertiary/aromatic N) is 1. The maximum absolute atomic E-state index is 13.2. The van der Waals surface area contributed by atoms with E-state index in [0.717, 1.165) is 34.2 Å². The average Bonchev–Trinajstić information content (AvgIpc) is 2.92. The number of carbonyl (C=O) groups is 1. The van der Waals surface area contributed by atoms with Gasteiger partial charge in [0.05, 0.1) is 15.5 Å². The molecule has 1 amide bonds. The van der Waals surface area contributed by atoms with Gasteiger partial charge in [0.25, 0.3) is 11.6 Å². The Morgan fingerprint density at radius 2 is 2.00 bits per heavy atom. The number of non-ortho nitro benzene ring substituents is 1. The van der Waals surface area contributed by atoms with Crippen LogP contribution in [0.1, 0.15) is 9.67 Å².